The number of hydrogen-bond donors (Lipinski definition) is 1. The fourth-order valence-electron chi connectivity index (χ4n) is 3.65. The predicted molar refractivity (Wildman–Crippen MR) is 112 cm³/mol. The summed E-state index contributed by atoms with van der Waals surface area (Å²) in [6.07, 6.45) is 1.75. The van der Waals surface area contributed by atoms with Gasteiger partial charge < -0.3 is 14.8 Å². The van der Waals surface area contributed by atoms with Crippen molar-refractivity contribution in [3.63, 3.8) is 0 Å². The highest BCUT2D eigenvalue weighted by Crippen LogP contribution is 2.30. The van der Waals surface area contributed by atoms with Crippen LogP contribution < -0.4 is 20.3 Å². The Balaban J connectivity index is 1.56. The van der Waals surface area contributed by atoms with E-state index in [1.54, 1.807) is 11.7 Å². The molecule has 7 nitrogen and oxygen atoms in total. The molecule has 0 atom stereocenters. The van der Waals surface area contributed by atoms with Crippen LogP contribution in [0.4, 0.5) is 0 Å². The number of aryl methyl sites for hydroxylation is 2. The Hall–Kier alpha value is -2.87. The summed E-state index contributed by atoms with van der Waals surface area (Å²) in [5.74, 6) is 1.91. The molecule has 2 aromatic heterocycles. The Bertz CT molecular complexity index is 1150. The molecule has 0 spiro atoms. The van der Waals surface area contributed by atoms with Crippen LogP contribution in [-0.2, 0) is 19.5 Å². The zero-order valence-electron chi connectivity index (χ0n) is 16.7. The van der Waals surface area contributed by atoms with Crippen LogP contribution >= 0.6 is 11.3 Å². The minimum Gasteiger partial charge on any atom is -0.493 e. The molecule has 1 aliphatic heterocycles. The Morgan fingerprint density at radius 1 is 1.34 bits per heavy atom. The fourth-order valence-corrected chi connectivity index (χ4v) is 4.76. The van der Waals surface area contributed by atoms with Crippen molar-refractivity contribution < 1.29 is 14.3 Å². The van der Waals surface area contributed by atoms with Gasteiger partial charge in [0.15, 0.2) is 11.5 Å². The lowest BCUT2D eigenvalue weighted by atomic mass is 10.2. The maximum Gasteiger partial charge on any atom is 0.262 e. The van der Waals surface area contributed by atoms with Crippen molar-refractivity contribution in [3.05, 3.63) is 50.4 Å². The summed E-state index contributed by atoms with van der Waals surface area (Å²) in [5.41, 5.74) is 1.56. The molecule has 1 amide bonds. The van der Waals surface area contributed by atoms with Crippen molar-refractivity contribution in [2.24, 2.45) is 0 Å². The third-order valence-electron chi connectivity index (χ3n) is 5.10. The average molecular weight is 413 g/mol. The molecule has 0 bridgehead atoms. The second kappa shape index (κ2) is 7.87. The first kappa shape index (κ1) is 19.4. The van der Waals surface area contributed by atoms with E-state index < -0.39 is 0 Å². The third kappa shape index (κ3) is 3.48. The zero-order valence-corrected chi connectivity index (χ0v) is 17.5. The highest BCUT2D eigenvalue weighted by atomic mass is 32.1. The zero-order chi connectivity index (χ0) is 20.5. The number of nitrogens with zero attached hydrogens (tertiary/aromatic N) is 2. The number of benzene rings is 1. The van der Waals surface area contributed by atoms with Gasteiger partial charge in [0.25, 0.3) is 11.5 Å². The molecule has 8 heteroatoms. The summed E-state index contributed by atoms with van der Waals surface area (Å²) in [4.78, 5) is 31.4. The molecule has 3 aromatic rings. The SMILES string of the molecule is CCOc1ccc(CNC(=O)c2sc3nc4n(c(=O)c3c2C)CCC4)cc1OC. The molecule has 0 radical (unpaired) electrons. The first-order valence-corrected chi connectivity index (χ1v) is 10.5. The highest BCUT2D eigenvalue weighted by Gasteiger charge is 2.23. The van der Waals surface area contributed by atoms with Gasteiger partial charge in [-0.05, 0) is 43.5 Å². The smallest absolute Gasteiger partial charge is 0.262 e. The van der Waals surface area contributed by atoms with E-state index in [0.29, 0.717) is 51.9 Å². The number of methoxy groups -OCH3 is 1. The van der Waals surface area contributed by atoms with Gasteiger partial charge in [0, 0.05) is 19.5 Å². The minimum absolute atomic E-state index is 0.0356. The molecule has 0 saturated carbocycles. The number of fused-ring (bicyclic) bond motifs is 2. The second-order valence-corrected chi connectivity index (χ2v) is 7.92. The van der Waals surface area contributed by atoms with E-state index in [1.165, 1.54) is 11.3 Å². The van der Waals surface area contributed by atoms with Crippen molar-refractivity contribution in [1.29, 1.82) is 0 Å². The van der Waals surface area contributed by atoms with Crippen LogP contribution in [0.3, 0.4) is 0 Å². The van der Waals surface area contributed by atoms with Crippen LogP contribution in [0.25, 0.3) is 10.2 Å². The number of carbonyl (C=O) groups is 1. The van der Waals surface area contributed by atoms with E-state index in [1.807, 2.05) is 32.0 Å². The van der Waals surface area contributed by atoms with Crippen LogP contribution in [0, 0.1) is 6.92 Å². The molecule has 0 saturated heterocycles. The Labute approximate surface area is 172 Å². The number of ether oxygens (including phenoxy) is 2. The molecule has 3 heterocycles. The van der Waals surface area contributed by atoms with Gasteiger partial charge in [0.2, 0.25) is 0 Å². The van der Waals surface area contributed by atoms with E-state index >= 15 is 0 Å². The van der Waals surface area contributed by atoms with Gasteiger partial charge in [-0.2, -0.15) is 0 Å². The Kier molecular flexibility index (Phi) is 5.27. The predicted octanol–water partition coefficient (Wildman–Crippen LogP) is 3.05. The van der Waals surface area contributed by atoms with Crippen LogP contribution in [0.1, 0.15) is 40.0 Å². The lowest BCUT2D eigenvalue weighted by Crippen LogP contribution is -2.23. The molecular formula is C21H23N3O4S. The molecule has 4 rings (SSSR count). The number of hydrogen-bond acceptors (Lipinski definition) is 6. The molecule has 1 aliphatic rings. The summed E-state index contributed by atoms with van der Waals surface area (Å²) < 4.78 is 12.6. The molecular weight excluding hydrogens is 390 g/mol. The first-order chi connectivity index (χ1) is 14.0. The monoisotopic (exact) mass is 413 g/mol. The van der Waals surface area contributed by atoms with Gasteiger partial charge >= 0.3 is 0 Å². The normalized spacial score (nSPS) is 12.8. The largest absolute Gasteiger partial charge is 0.493 e. The molecule has 1 N–H and O–H groups in total. The van der Waals surface area contributed by atoms with Gasteiger partial charge in [-0.1, -0.05) is 6.07 Å². The van der Waals surface area contributed by atoms with Gasteiger partial charge in [-0.3, -0.25) is 14.2 Å². The summed E-state index contributed by atoms with van der Waals surface area (Å²) in [5, 5.41) is 3.50. The number of amides is 1. The molecule has 0 aliphatic carbocycles. The first-order valence-electron chi connectivity index (χ1n) is 9.64. The lowest BCUT2D eigenvalue weighted by molar-refractivity contribution is 0.0954. The van der Waals surface area contributed by atoms with Gasteiger partial charge in [-0.25, -0.2) is 4.98 Å². The molecule has 0 unspecified atom stereocenters. The van der Waals surface area contributed by atoms with Crippen LogP contribution in [0.2, 0.25) is 0 Å². The minimum atomic E-state index is -0.206. The summed E-state index contributed by atoms with van der Waals surface area (Å²) in [6, 6.07) is 5.58. The number of aromatic nitrogens is 2. The van der Waals surface area contributed by atoms with E-state index in [9.17, 15) is 9.59 Å². The van der Waals surface area contributed by atoms with Gasteiger partial charge in [0.1, 0.15) is 10.7 Å². The van der Waals surface area contributed by atoms with E-state index in [4.69, 9.17) is 9.47 Å². The van der Waals surface area contributed by atoms with Crippen molar-refractivity contribution in [2.45, 2.75) is 39.8 Å². The second-order valence-electron chi connectivity index (χ2n) is 6.93. The van der Waals surface area contributed by atoms with E-state index in [2.05, 4.69) is 10.3 Å². The van der Waals surface area contributed by atoms with Crippen molar-refractivity contribution in [3.8, 4) is 11.5 Å². The number of nitrogens with one attached hydrogen (secondary N) is 1. The van der Waals surface area contributed by atoms with Gasteiger partial charge in [-0.15, -0.1) is 11.3 Å². The van der Waals surface area contributed by atoms with Crippen LogP contribution in [0.15, 0.2) is 23.0 Å². The molecule has 29 heavy (non-hydrogen) atoms. The number of carbonyl (C=O) groups excluding carboxylic acids is 1. The van der Waals surface area contributed by atoms with Crippen molar-refractivity contribution in [1.82, 2.24) is 14.9 Å². The lowest BCUT2D eigenvalue weighted by Gasteiger charge is -2.11. The summed E-state index contributed by atoms with van der Waals surface area (Å²) in [6.45, 7) is 5.33. The summed E-state index contributed by atoms with van der Waals surface area (Å²) in [7, 11) is 1.59. The standard InChI is InChI=1S/C21H23N3O4S/c1-4-28-14-8-7-13(10-15(14)27-3)11-22-19(25)18-12(2)17-20(29-18)23-16-6-5-9-24(16)21(17)26/h7-8,10H,4-6,9,11H2,1-3H3,(H,22,25). The number of rotatable bonds is 6. The maximum absolute atomic E-state index is 12.8. The van der Waals surface area contributed by atoms with Crippen molar-refractivity contribution in [2.75, 3.05) is 13.7 Å². The maximum atomic E-state index is 12.8. The molecule has 1 aromatic carbocycles. The van der Waals surface area contributed by atoms with E-state index in [0.717, 1.165) is 24.2 Å². The van der Waals surface area contributed by atoms with Crippen molar-refractivity contribution >= 4 is 27.5 Å². The number of thiophene rings is 1. The quantitative estimate of drug-likeness (QED) is 0.672. The third-order valence-corrected chi connectivity index (χ3v) is 6.28. The van der Waals surface area contributed by atoms with Crippen LogP contribution in [-0.4, -0.2) is 29.2 Å². The Morgan fingerprint density at radius 3 is 2.93 bits per heavy atom. The summed E-state index contributed by atoms with van der Waals surface area (Å²) >= 11 is 1.28. The van der Waals surface area contributed by atoms with E-state index in [-0.39, 0.29) is 11.5 Å². The van der Waals surface area contributed by atoms with Crippen LogP contribution in [0.5, 0.6) is 11.5 Å². The highest BCUT2D eigenvalue weighted by molar-refractivity contribution is 7.20. The van der Waals surface area contributed by atoms with Gasteiger partial charge in [0.05, 0.1) is 24.0 Å². The topological polar surface area (TPSA) is 82.5 Å². The fraction of sp³-hybridized carbons (Fsp3) is 0.381. The molecule has 0 fully saturated rings. The average Bonchev–Trinajstić information content (AvgIpc) is 3.32. The Morgan fingerprint density at radius 2 is 2.17 bits per heavy atom. The molecule has 152 valence electrons.